The Hall–Kier alpha value is 0.160. The van der Waals surface area contributed by atoms with Crippen LogP contribution in [0.5, 0.6) is 0 Å². The Kier molecular flexibility index (Phi) is 5.90. The number of fused-ring (bicyclic) bond motifs is 2. The summed E-state index contributed by atoms with van der Waals surface area (Å²) in [6.45, 7) is 7.02. The minimum Gasteiger partial charge on any atom is -1.00 e. The number of rotatable bonds is 5. The molecule has 1 amide bonds. The van der Waals surface area contributed by atoms with E-state index in [-0.39, 0.29) is 29.9 Å². The quantitative estimate of drug-likeness (QED) is 0.480. The van der Waals surface area contributed by atoms with Gasteiger partial charge in [-0.05, 0) is 44.9 Å². The number of quaternary nitrogens is 1. The number of halogens is 1. The van der Waals surface area contributed by atoms with Gasteiger partial charge in [0, 0.05) is 6.04 Å². The van der Waals surface area contributed by atoms with Crippen molar-refractivity contribution in [2.24, 2.45) is 11.8 Å². The third kappa shape index (κ3) is 3.59. The number of hydrogen-bond acceptors (Lipinski definition) is 1. The number of carbonyl (C=O) groups excluding carboxylic acids is 1. The van der Waals surface area contributed by atoms with Crippen molar-refractivity contribution in [3.8, 4) is 0 Å². The number of amides is 1. The van der Waals surface area contributed by atoms with Gasteiger partial charge in [0.25, 0.3) is 5.91 Å². The fourth-order valence-corrected chi connectivity index (χ4v) is 3.47. The first kappa shape index (κ1) is 16.2. The van der Waals surface area contributed by atoms with E-state index >= 15 is 0 Å². The second-order valence-corrected chi connectivity index (χ2v) is 6.26. The van der Waals surface area contributed by atoms with Gasteiger partial charge in [-0.15, -0.1) is 0 Å². The lowest BCUT2D eigenvalue weighted by molar-refractivity contribution is -0.898. The lowest BCUT2D eigenvalue weighted by atomic mass is 9.95. The van der Waals surface area contributed by atoms with Gasteiger partial charge >= 0.3 is 0 Å². The van der Waals surface area contributed by atoms with Crippen molar-refractivity contribution in [3.05, 3.63) is 0 Å². The van der Waals surface area contributed by atoms with Gasteiger partial charge in [0.05, 0.1) is 20.1 Å². The van der Waals surface area contributed by atoms with Crippen LogP contribution < -0.4 is 29.3 Å². The molecule has 0 aliphatic heterocycles. The van der Waals surface area contributed by atoms with Gasteiger partial charge in [-0.3, -0.25) is 4.79 Å². The molecule has 0 spiro atoms. The van der Waals surface area contributed by atoms with Crippen LogP contribution >= 0.6 is 0 Å². The van der Waals surface area contributed by atoms with E-state index in [1.807, 2.05) is 0 Å². The number of hydrogen-bond donors (Lipinski definition) is 1. The summed E-state index contributed by atoms with van der Waals surface area (Å²) < 4.78 is 0.854. The van der Waals surface area contributed by atoms with Gasteiger partial charge in [0.2, 0.25) is 0 Å². The molecule has 0 radical (unpaired) electrons. The summed E-state index contributed by atoms with van der Waals surface area (Å²) in [6, 6.07) is 0.489. The van der Waals surface area contributed by atoms with Crippen molar-refractivity contribution in [2.45, 2.75) is 45.6 Å². The molecular weight excluding hydrogens is 339 g/mol. The Morgan fingerprint density at radius 3 is 2.33 bits per heavy atom. The second kappa shape index (κ2) is 6.55. The van der Waals surface area contributed by atoms with E-state index in [0.717, 1.165) is 29.4 Å². The molecule has 3 atom stereocenters. The normalized spacial score (nSPS) is 30.1. The maximum Gasteiger partial charge on any atom is 0.275 e. The Balaban J connectivity index is 0.00000162. The van der Waals surface area contributed by atoms with Crippen LogP contribution in [0.3, 0.4) is 0 Å². The Bertz CT molecular complexity index is 292. The van der Waals surface area contributed by atoms with Gasteiger partial charge in [0.1, 0.15) is 0 Å². The molecule has 0 aromatic heterocycles. The van der Waals surface area contributed by atoms with Crippen molar-refractivity contribution in [1.82, 2.24) is 5.32 Å². The minimum atomic E-state index is 0. The minimum absolute atomic E-state index is 0. The highest BCUT2D eigenvalue weighted by atomic mass is 127. The van der Waals surface area contributed by atoms with E-state index < -0.39 is 0 Å². The molecule has 2 aliphatic carbocycles. The largest absolute Gasteiger partial charge is 1.00 e. The fourth-order valence-electron chi connectivity index (χ4n) is 3.47. The monoisotopic (exact) mass is 366 g/mol. The summed E-state index contributed by atoms with van der Waals surface area (Å²) >= 11 is 0. The molecule has 2 bridgehead atoms. The molecule has 3 unspecified atom stereocenters. The zero-order chi connectivity index (χ0) is 12.5. The lowest BCUT2D eigenvalue weighted by Gasteiger charge is -2.32. The van der Waals surface area contributed by atoms with Crippen molar-refractivity contribution in [1.29, 1.82) is 0 Å². The highest BCUT2D eigenvalue weighted by Gasteiger charge is 2.40. The first-order valence-electron chi connectivity index (χ1n) is 7.19. The van der Waals surface area contributed by atoms with E-state index in [2.05, 4.69) is 26.2 Å². The molecule has 2 saturated carbocycles. The van der Waals surface area contributed by atoms with Crippen LogP contribution in [0.1, 0.15) is 39.5 Å². The molecule has 0 heterocycles. The molecule has 4 heteroatoms. The molecule has 2 rings (SSSR count). The SMILES string of the molecule is CC[N+](C)(CC)CC(=O)NC1CC2CCC1C2.[I-]. The predicted molar refractivity (Wildman–Crippen MR) is 69.5 cm³/mol. The maximum atomic E-state index is 12.1. The first-order valence-corrected chi connectivity index (χ1v) is 7.19. The number of likely N-dealkylation sites (N-methyl/N-ethyl adjacent to an activating group) is 1. The molecule has 1 N–H and O–H groups in total. The molecular formula is C14H27IN2O. The summed E-state index contributed by atoms with van der Waals surface area (Å²) in [7, 11) is 2.17. The summed E-state index contributed by atoms with van der Waals surface area (Å²) in [5, 5.41) is 3.28. The molecule has 2 fully saturated rings. The van der Waals surface area contributed by atoms with Crippen LogP contribution in [0.2, 0.25) is 0 Å². The summed E-state index contributed by atoms with van der Waals surface area (Å²) in [5.41, 5.74) is 0. The third-order valence-electron chi connectivity index (χ3n) is 5.14. The molecule has 3 nitrogen and oxygen atoms in total. The molecule has 106 valence electrons. The van der Waals surface area contributed by atoms with Crippen LogP contribution in [0.15, 0.2) is 0 Å². The molecule has 18 heavy (non-hydrogen) atoms. The molecule has 0 aromatic carbocycles. The Morgan fingerprint density at radius 1 is 1.22 bits per heavy atom. The van der Waals surface area contributed by atoms with Gasteiger partial charge < -0.3 is 33.8 Å². The molecule has 0 saturated heterocycles. The molecule has 2 aliphatic rings. The zero-order valence-corrected chi connectivity index (χ0v) is 14.1. The smallest absolute Gasteiger partial charge is 0.275 e. The molecule has 0 aromatic rings. The highest BCUT2D eigenvalue weighted by Crippen LogP contribution is 2.44. The van der Waals surface area contributed by atoms with Gasteiger partial charge in [-0.25, -0.2) is 0 Å². The standard InChI is InChI=1S/C14H26N2O.HI/c1-4-16(3,5-2)10-14(17)15-13-9-11-6-7-12(13)8-11;/h11-13H,4-10H2,1-3H3;1H. The number of carbonyl (C=O) groups is 1. The van der Waals surface area contributed by atoms with E-state index in [9.17, 15) is 4.79 Å². The van der Waals surface area contributed by atoms with E-state index in [1.54, 1.807) is 0 Å². The zero-order valence-electron chi connectivity index (χ0n) is 11.9. The van der Waals surface area contributed by atoms with Crippen LogP contribution in [-0.4, -0.2) is 43.1 Å². The Morgan fingerprint density at radius 2 is 1.89 bits per heavy atom. The van der Waals surface area contributed by atoms with Crippen molar-refractivity contribution < 1.29 is 33.3 Å². The maximum absolute atomic E-state index is 12.1. The van der Waals surface area contributed by atoms with Crippen molar-refractivity contribution in [2.75, 3.05) is 26.7 Å². The van der Waals surface area contributed by atoms with Gasteiger partial charge in [-0.1, -0.05) is 6.42 Å². The average molecular weight is 366 g/mol. The fraction of sp³-hybridized carbons (Fsp3) is 0.929. The predicted octanol–water partition coefficient (Wildman–Crippen LogP) is -1.22. The van der Waals surface area contributed by atoms with Crippen molar-refractivity contribution in [3.63, 3.8) is 0 Å². The van der Waals surface area contributed by atoms with Crippen LogP contribution in [0.4, 0.5) is 0 Å². The average Bonchev–Trinajstić information content (AvgIpc) is 2.90. The van der Waals surface area contributed by atoms with Crippen molar-refractivity contribution >= 4 is 5.91 Å². The lowest BCUT2D eigenvalue weighted by Crippen LogP contribution is -3.00. The van der Waals surface area contributed by atoms with E-state index in [4.69, 9.17) is 0 Å². The second-order valence-electron chi connectivity index (χ2n) is 6.26. The van der Waals surface area contributed by atoms with Gasteiger partial charge in [-0.2, -0.15) is 0 Å². The van der Waals surface area contributed by atoms with Crippen LogP contribution in [-0.2, 0) is 4.79 Å². The summed E-state index contributed by atoms with van der Waals surface area (Å²) in [6.07, 6.45) is 5.33. The highest BCUT2D eigenvalue weighted by molar-refractivity contribution is 5.77. The van der Waals surface area contributed by atoms with E-state index in [1.165, 1.54) is 25.7 Å². The topological polar surface area (TPSA) is 29.1 Å². The third-order valence-corrected chi connectivity index (χ3v) is 5.14. The van der Waals surface area contributed by atoms with Crippen LogP contribution in [0.25, 0.3) is 0 Å². The Labute approximate surface area is 128 Å². The van der Waals surface area contributed by atoms with Crippen LogP contribution in [0, 0.1) is 11.8 Å². The number of nitrogens with one attached hydrogen (secondary N) is 1. The number of nitrogens with zero attached hydrogens (tertiary/aromatic N) is 1. The summed E-state index contributed by atoms with van der Waals surface area (Å²) in [5.74, 6) is 1.95. The van der Waals surface area contributed by atoms with Gasteiger partial charge in [0.15, 0.2) is 6.54 Å². The summed E-state index contributed by atoms with van der Waals surface area (Å²) in [4.78, 5) is 12.1. The van der Waals surface area contributed by atoms with E-state index in [0.29, 0.717) is 12.6 Å². The first-order chi connectivity index (χ1) is 8.06.